The van der Waals surface area contributed by atoms with E-state index in [2.05, 4.69) is 123 Å². The van der Waals surface area contributed by atoms with Crippen molar-refractivity contribution in [3.63, 3.8) is 0 Å². The second-order valence-corrected chi connectivity index (χ2v) is 12.6. The second kappa shape index (κ2) is 13.5. The van der Waals surface area contributed by atoms with Crippen LogP contribution in [0.1, 0.15) is 32.3 Å². The zero-order chi connectivity index (χ0) is 23.6. The molecule has 184 valence electrons. The van der Waals surface area contributed by atoms with Gasteiger partial charge in [-0.3, -0.25) is 0 Å². The van der Waals surface area contributed by atoms with E-state index in [1.807, 2.05) is 0 Å². The van der Waals surface area contributed by atoms with E-state index in [0.29, 0.717) is 13.2 Å². The Kier molecular flexibility index (Phi) is 10.4. The van der Waals surface area contributed by atoms with E-state index in [4.69, 9.17) is 9.47 Å². The molecule has 0 spiro atoms. The Morgan fingerprint density at radius 3 is 1.40 bits per heavy atom. The molecule has 0 aliphatic carbocycles. The van der Waals surface area contributed by atoms with E-state index < -0.39 is 7.26 Å². The van der Waals surface area contributed by atoms with E-state index in [1.165, 1.54) is 21.5 Å². The van der Waals surface area contributed by atoms with Crippen LogP contribution in [0.25, 0.3) is 0 Å². The molecule has 0 amide bonds. The van der Waals surface area contributed by atoms with Crippen molar-refractivity contribution in [3.8, 4) is 11.5 Å². The summed E-state index contributed by atoms with van der Waals surface area (Å²) in [5, 5.41) is 4.24. The first-order chi connectivity index (χ1) is 16.8. The van der Waals surface area contributed by atoms with Crippen LogP contribution >= 0.6 is 24.2 Å². The van der Waals surface area contributed by atoms with Crippen molar-refractivity contribution < 1.29 is 9.47 Å². The quantitative estimate of drug-likeness (QED) is 0.186. The Morgan fingerprint density at radius 2 is 0.971 bits per heavy atom. The summed E-state index contributed by atoms with van der Waals surface area (Å²) in [6, 6.07) is 39.7. The maximum atomic E-state index is 6.15. The molecule has 0 fully saturated rings. The fourth-order valence-corrected chi connectivity index (χ4v) is 9.33. The molecule has 0 unspecified atom stereocenters. The van der Waals surface area contributed by atoms with E-state index in [1.54, 1.807) is 0 Å². The molecule has 0 saturated heterocycles. The molecule has 0 heterocycles. The molecule has 4 aromatic carbocycles. The standard InChI is InChI=1S/C31H35O2P.BrH/c1-3-22-32-30-21-20-26(24-31(30)33-23-4-2)25-34(27-14-8-5-9-15-27,28-16-10-6-11-17-28)29-18-12-7-13-19-29;/h5-21,24,34H,3-4,22-23,25H2,1-2H3;1H. The number of benzene rings is 4. The molecule has 0 aliphatic rings. The van der Waals surface area contributed by atoms with Crippen molar-refractivity contribution >= 4 is 40.2 Å². The number of rotatable bonds is 11. The van der Waals surface area contributed by atoms with Gasteiger partial charge in [0, 0.05) is 0 Å². The third kappa shape index (κ3) is 6.34. The van der Waals surface area contributed by atoms with Crippen LogP contribution in [-0.2, 0) is 6.16 Å². The Balaban J connectivity index is 0.00000342. The summed E-state index contributed by atoms with van der Waals surface area (Å²) in [6.45, 7) is 5.64. The van der Waals surface area contributed by atoms with E-state index in [9.17, 15) is 0 Å². The molecule has 4 rings (SSSR count). The van der Waals surface area contributed by atoms with Gasteiger partial charge in [0.25, 0.3) is 0 Å². The first kappa shape index (κ1) is 27.0. The molecular formula is C31H36BrO2P. The minimum absolute atomic E-state index is 0. The Bertz CT molecular complexity index is 1050. The molecular weight excluding hydrogens is 515 g/mol. The van der Waals surface area contributed by atoms with Gasteiger partial charge in [0.1, 0.15) is 0 Å². The topological polar surface area (TPSA) is 18.5 Å². The average Bonchev–Trinajstić information content (AvgIpc) is 2.91. The maximum absolute atomic E-state index is 6.15. The van der Waals surface area contributed by atoms with Gasteiger partial charge in [0.15, 0.2) is 0 Å². The summed E-state index contributed by atoms with van der Waals surface area (Å²) in [6.07, 6.45) is 2.89. The first-order valence-corrected chi connectivity index (χ1v) is 14.5. The number of hydrogen-bond donors (Lipinski definition) is 0. The molecule has 0 N–H and O–H groups in total. The second-order valence-electron chi connectivity index (χ2n) is 8.66. The summed E-state index contributed by atoms with van der Waals surface area (Å²) < 4.78 is 12.2. The van der Waals surface area contributed by atoms with Gasteiger partial charge >= 0.3 is 205 Å². The van der Waals surface area contributed by atoms with E-state index >= 15 is 0 Å². The molecule has 35 heavy (non-hydrogen) atoms. The zero-order valence-corrected chi connectivity index (χ0v) is 23.4. The van der Waals surface area contributed by atoms with Gasteiger partial charge < -0.3 is 0 Å². The van der Waals surface area contributed by atoms with Gasteiger partial charge in [-0.15, -0.1) is 17.0 Å². The number of ether oxygens (including phenoxy) is 2. The van der Waals surface area contributed by atoms with Crippen molar-refractivity contribution in [1.82, 2.24) is 0 Å². The summed E-state index contributed by atoms with van der Waals surface area (Å²) in [5.41, 5.74) is 1.28. The van der Waals surface area contributed by atoms with Crippen molar-refractivity contribution in [1.29, 1.82) is 0 Å². The fourth-order valence-electron chi connectivity index (χ4n) is 4.60. The van der Waals surface area contributed by atoms with Gasteiger partial charge in [-0.05, 0) is 0 Å². The van der Waals surface area contributed by atoms with Gasteiger partial charge in [-0.2, -0.15) is 0 Å². The Labute approximate surface area is 221 Å². The summed E-state index contributed by atoms with van der Waals surface area (Å²) >= 11 is 0. The molecule has 0 radical (unpaired) electrons. The fraction of sp³-hybridized carbons (Fsp3) is 0.226. The van der Waals surface area contributed by atoms with Crippen LogP contribution in [0.4, 0.5) is 0 Å². The van der Waals surface area contributed by atoms with Crippen LogP contribution in [0.5, 0.6) is 11.5 Å². The van der Waals surface area contributed by atoms with Crippen LogP contribution in [0.2, 0.25) is 0 Å². The molecule has 0 aromatic heterocycles. The Morgan fingerprint density at radius 1 is 0.543 bits per heavy atom. The van der Waals surface area contributed by atoms with Gasteiger partial charge in [-0.25, -0.2) is 0 Å². The van der Waals surface area contributed by atoms with Crippen LogP contribution in [0.3, 0.4) is 0 Å². The SMILES string of the molecule is Br.CCCOc1ccc(C[PH](c2ccccc2)(c2ccccc2)c2ccccc2)cc1OCCC. The zero-order valence-electron chi connectivity index (χ0n) is 20.7. The average molecular weight is 552 g/mol. The van der Waals surface area contributed by atoms with Crippen molar-refractivity contribution in [3.05, 3.63) is 115 Å². The predicted octanol–water partition coefficient (Wildman–Crippen LogP) is 7.07. The van der Waals surface area contributed by atoms with Crippen LogP contribution in [0.15, 0.2) is 109 Å². The Hall–Kier alpha value is -2.61. The third-order valence-electron chi connectivity index (χ3n) is 6.20. The van der Waals surface area contributed by atoms with Crippen LogP contribution in [0, 0.1) is 0 Å². The van der Waals surface area contributed by atoms with Crippen LogP contribution < -0.4 is 25.4 Å². The monoisotopic (exact) mass is 550 g/mol. The van der Waals surface area contributed by atoms with Crippen molar-refractivity contribution in [2.24, 2.45) is 0 Å². The van der Waals surface area contributed by atoms with E-state index in [-0.39, 0.29) is 17.0 Å². The summed E-state index contributed by atoms with van der Waals surface area (Å²) in [7, 11) is -2.36. The van der Waals surface area contributed by atoms with Crippen LogP contribution in [-0.4, -0.2) is 13.2 Å². The molecule has 0 aliphatic heterocycles. The third-order valence-corrected chi connectivity index (χ3v) is 11.1. The molecule has 0 bridgehead atoms. The van der Waals surface area contributed by atoms with E-state index in [0.717, 1.165) is 30.5 Å². The molecule has 4 aromatic rings. The van der Waals surface area contributed by atoms with Crippen molar-refractivity contribution in [2.75, 3.05) is 13.2 Å². The number of halogens is 1. The molecule has 0 saturated carbocycles. The minimum atomic E-state index is -2.36. The normalized spacial score (nSPS) is 11.4. The van der Waals surface area contributed by atoms with Gasteiger partial charge in [0.2, 0.25) is 0 Å². The van der Waals surface area contributed by atoms with Crippen molar-refractivity contribution in [2.45, 2.75) is 32.9 Å². The van der Waals surface area contributed by atoms with Gasteiger partial charge in [-0.1, -0.05) is 0 Å². The molecule has 0 atom stereocenters. The molecule has 4 heteroatoms. The summed E-state index contributed by atoms with van der Waals surface area (Å²) in [5.74, 6) is 1.69. The first-order valence-electron chi connectivity index (χ1n) is 12.3. The number of hydrogen-bond acceptors (Lipinski definition) is 2. The predicted molar refractivity (Wildman–Crippen MR) is 159 cm³/mol. The molecule has 2 nitrogen and oxygen atoms in total. The summed E-state index contributed by atoms with van der Waals surface area (Å²) in [4.78, 5) is 0. The van der Waals surface area contributed by atoms with Gasteiger partial charge in [0.05, 0.1) is 0 Å².